The molecule has 162 valence electrons. The van der Waals surface area contributed by atoms with Crippen molar-refractivity contribution in [1.29, 1.82) is 0 Å². The predicted octanol–water partition coefficient (Wildman–Crippen LogP) is 4.77. The van der Waals surface area contributed by atoms with Crippen LogP contribution in [0.2, 0.25) is 0 Å². The highest BCUT2D eigenvalue weighted by atomic mass is 16.2. The van der Waals surface area contributed by atoms with Gasteiger partial charge >= 0.3 is 0 Å². The first-order valence-corrected chi connectivity index (χ1v) is 10.7. The smallest absolute Gasteiger partial charge is 0.244 e. The number of anilines is 2. The van der Waals surface area contributed by atoms with Crippen LogP contribution in [-0.2, 0) is 9.59 Å². The fraction of sp³-hybridized carbons (Fsp3) is 0.308. The number of rotatable bonds is 7. The number of fused-ring (bicyclic) bond motifs is 1. The van der Waals surface area contributed by atoms with Crippen molar-refractivity contribution in [2.24, 2.45) is 0 Å². The van der Waals surface area contributed by atoms with E-state index in [1.165, 1.54) is 0 Å². The van der Waals surface area contributed by atoms with E-state index in [9.17, 15) is 9.59 Å². The molecule has 5 heteroatoms. The molecule has 2 amide bonds. The highest BCUT2D eigenvalue weighted by molar-refractivity contribution is 6.05. The fourth-order valence-electron chi connectivity index (χ4n) is 3.73. The van der Waals surface area contributed by atoms with Gasteiger partial charge in [-0.25, -0.2) is 0 Å². The summed E-state index contributed by atoms with van der Waals surface area (Å²) >= 11 is 0. The zero-order chi connectivity index (χ0) is 22.5. The van der Waals surface area contributed by atoms with Crippen molar-refractivity contribution in [3.63, 3.8) is 0 Å². The lowest BCUT2D eigenvalue weighted by molar-refractivity contribution is -0.124. The molecule has 3 rings (SSSR count). The number of carbonyl (C=O) groups is 2. The molecule has 0 aliphatic rings. The molecule has 3 aromatic carbocycles. The van der Waals surface area contributed by atoms with E-state index in [2.05, 4.69) is 5.32 Å². The molecule has 0 heterocycles. The molecule has 0 aromatic heterocycles. The van der Waals surface area contributed by atoms with E-state index >= 15 is 0 Å². The first-order valence-electron chi connectivity index (χ1n) is 10.7. The van der Waals surface area contributed by atoms with Crippen LogP contribution in [0.3, 0.4) is 0 Å². The third kappa shape index (κ3) is 5.12. The number of nitrogens with zero attached hydrogens (tertiary/aromatic N) is 2. The van der Waals surface area contributed by atoms with E-state index in [1.54, 1.807) is 9.80 Å². The molecule has 0 radical (unpaired) electrons. The Hall–Kier alpha value is -3.18. The van der Waals surface area contributed by atoms with Gasteiger partial charge in [-0.15, -0.1) is 0 Å². The maximum absolute atomic E-state index is 13.4. The summed E-state index contributed by atoms with van der Waals surface area (Å²) < 4.78 is 0. The number of aryl methyl sites for hydroxylation is 2. The summed E-state index contributed by atoms with van der Waals surface area (Å²) in [4.78, 5) is 29.6. The number of likely N-dealkylation sites (N-methyl/N-ethyl adjacent to an activating group) is 2. The molecular weight excluding hydrogens is 386 g/mol. The molecule has 0 unspecified atom stereocenters. The Labute approximate surface area is 184 Å². The molecule has 31 heavy (non-hydrogen) atoms. The van der Waals surface area contributed by atoms with Gasteiger partial charge in [0.1, 0.15) is 0 Å². The van der Waals surface area contributed by atoms with Gasteiger partial charge in [0.05, 0.1) is 18.3 Å². The van der Waals surface area contributed by atoms with Crippen molar-refractivity contribution in [3.8, 4) is 0 Å². The van der Waals surface area contributed by atoms with Crippen molar-refractivity contribution in [2.45, 2.75) is 33.7 Å². The number of carbonyl (C=O) groups excluding carboxylic acids is 2. The van der Waals surface area contributed by atoms with Crippen molar-refractivity contribution < 1.29 is 9.59 Å². The average Bonchev–Trinajstić information content (AvgIpc) is 2.76. The third-order valence-electron chi connectivity index (χ3n) is 5.72. The van der Waals surface area contributed by atoms with Crippen LogP contribution in [0.25, 0.3) is 10.8 Å². The van der Waals surface area contributed by atoms with E-state index in [1.807, 2.05) is 95.4 Å². The van der Waals surface area contributed by atoms with Crippen LogP contribution in [-0.4, -0.2) is 42.9 Å². The van der Waals surface area contributed by atoms with Crippen LogP contribution in [0.5, 0.6) is 0 Å². The Balaban J connectivity index is 1.72. The van der Waals surface area contributed by atoms with E-state index < -0.39 is 6.04 Å². The average molecular weight is 418 g/mol. The molecule has 0 aliphatic carbocycles. The number of hydrogen-bond acceptors (Lipinski definition) is 3. The van der Waals surface area contributed by atoms with Crippen LogP contribution < -0.4 is 10.2 Å². The van der Waals surface area contributed by atoms with E-state index in [0.29, 0.717) is 6.54 Å². The van der Waals surface area contributed by atoms with Gasteiger partial charge < -0.3 is 10.2 Å². The lowest BCUT2D eigenvalue weighted by Crippen LogP contribution is -2.48. The van der Waals surface area contributed by atoms with E-state index in [0.717, 1.165) is 33.3 Å². The first-order chi connectivity index (χ1) is 14.8. The van der Waals surface area contributed by atoms with E-state index in [-0.39, 0.29) is 18.4 Å². The van der Waals surface area contributed by atoms with Crippen LogP contribution in [0, 0.1) is 13.8 Å². The summed E-state index contributed by atoms with van der Waals surface area (Å²) in [7, 11) is 1.81. The van der Waals surface area contributed by atoms with Crippen LogP contribution in [0.1, 0.15) is 25.0 Å². The number of nitrogens with one attached hydrogen (secondary N) is 1. The quantitative estimate of drug-likeness (QED) is 0.603. The third-order valence-corrected chi connectivity index (χ3v) is 5.72. The summed E-state index contributed by atoms with van der Waals surface area (Å²) in [5.41, 5.74) is 3.80. The fourth-order valence-corrected chi connectivity index (χ4v) is 3.73. The summed E-state index contributed by atoms with van der Waals surface area (Å²) in [6.07, 6.45) is 0. The molecule has 0 fully saturated rings. The molecule has 3 aromatic rings. The standard InChI is InChI=1S/C26H31N3O2/c1-6-29(24-13-9-11-21-10-7-8-12-22(21)24)26(31)20(4)28(5)17-25(30)27-23-16-18(2)14-15-19(23)3/h7-16,20H,6,17H2,1-5H3,(H,27,30)/t20-/m0/s1. The lowest BCUT2D eigenvalue weighted by atomic mass is 10.1. The maximum atomic E-state index is 13.4. The predicted molar refractivity (Wildman–Crippen MR) is 129 cm³/mol. The zero-order valence-electron chi connectivity index (χ0n) is 19.0. The molecule has 5 nitrogen and oxygen atoms in total. The second-order valence-corrected chi connectivity index (χ2v) is 8.04. The topological polar surface area (TPSA) is 52.7 Å². The maximum Gasteiger partial charge on any atom is 0.244 e. The Bertz CT molecular complexity index is 1090. The minimum atomic E-state index is -0.441. The van der Waals surface area contributed by atoms with Gasteiger partial charge in [-0.05, 0) is 63.4 Å². The summed E-state index contributed by atoms with van der Waals surface area (Å²) in [5.74, 6) is -0.162. The van der Waals surface area contributed by atoms with Crippen molar-refractivity contribution in [2.75, 3.05) is 30.4 Å². The van der Waals surface area contributed by atoms with Gasteiger partial charge in [0.2, 0.25) is 11.8 Å². The van der Waals surface area contributed by atoms with Crippen molar-refractivity contribution in [1.82, 2.24) is 4.90 Å². The van der Waals surface area contributed by atoms with Gasteiger partial charge in [0.25, 0.3) is 0 Å². The van der Waals surface area contributed by atoms with Gasteiger partial charge in [0, 0.05) is 17.6 Å². The van der Waals surface area contributed by atoms with Crippen LogP contribution in [0.15, 0.2) is 60.7 Å². The molecule has 0 spiro atoms. The second kappa shape index (κ2) is 9.75. The highest BCUT2D eigenvalue weighted by Crippen LogP contribution is 2.27. The number of hydrogen-bond donors (Lipinski definition) is 1. The lowest BCUT2D eigenvalue weighted by Gasteiger charge is -2.30. The van der Waals surface area contributed by atoms with Gasteiger partial charge in [-0.2, -0.15) is 0 Å². The Kier molecular flexibility index (Phi) is 7.08. The molecule has 1 atom stereocenters. The van der Waals surface area contributed by atoms with Gasteiger partial charge in [-0.1, -0.05) is 48.5 Å². The SMILES string of the molecule is CCN(C(=O)[C@H](C)N(C)CC(=O)Nc1cc(C)ccc1C)c1cccc2ccccc12. The number of amides is 2. The molecule has 0 saturated heterocycles. The summed E-state index contributed by atoms with van der Waals surface area (Å²) in [5, 5.41) is 5.11. The monoisotopic (exact) mass is 417 g/mol. The largest absolute Gasteiger partial charge is 0.325 e. The van der Waals surface area contributed by atoms with Crippen LogP contribution in [0.4, 0.5) is 11.4 Å². The summed E-state index contributed by atoms with van der Waals surface area (Å²) in [6.45, 7) is 8.47. The second-order valence-electron chi connectivity index (χ2n) is 8.04. The molecular formula is C26H31N3O2. The van der Waals surface area contributed by atoms with E-state index in [4.69, 9.17) is 0 Å². The Morgan fingerprint density at radius 1 is 1.00 bits per heavy atom. The van der Waals surface area contributed by atoms with Gasteiger partial charge in [-0.3, -0.25) is 14.5 Å². The normalized spacial score (nSPS) is 12.1. The highest BCUT2D eigenvalue weighted by Gasteiger charge is 2.26. The van der Waals surface area contributed by atoms with Gasteiger partial charge in [0.15, 0.2) is 0 Å². The Morgan fingerprint density at radius 3 is 2.45 bits per heavy atom. The Morgan fingerprint density at radius 2 is 1.71 bits per heavy atom. The minimum absolute atomic E-state index is 0.0270. The summed E-state index contributed by atoms with van der Waals surface area (Å²) in [6, 6.07) is 19.6. The molecule has 0 saturated carbocycles. The minimum Gasteiger partial charge on any atom is -0.325 e. The molecule has 0 bridgehead atoms. The zero-order valence-corrected chi connectivity index (χ0v) is 19.0. The molecule has 0 aliphatic heterocycles. The molecule has 1 N–H and O–H groups in total. The first kappa shape index (κ1) is 22.5. The van der Waals surface area contributed by atoms with Crippen molar-refractivity contribution >= 4 is 34.0 Å². The van der Waals surface area contributed by atoms with Crippen LogP contribution >= 0.6 is 0 Å². The number of benzene rings is 3. The van der Waals surface area contributed by atoms with Crippen molar-refractivity contribution in [3.05, 3.63) is 71.8 Å².